The molecule has 0 N–H and O–H groups in total. The molecule has 0 bridgehead atoms. The lowest BCUT2D eigenvalue weighted by molar-refractivity contribution is -0.630. The molecule has 7 heteroatoms. The fraction of sp³-hybridized carbons (Fsp3) is 0.364. The fourth-order valence-electron chi connectivity index (χ4n) is 1.25. The number of aryl methyl sites for hydroxylation is 1. The first-order valence-electron chi connectivity index (χ1n) is 5.13. The maximum absolute atomic E-state index is 12.7. The van der Waals surface area contributed by atoms with E-state index in [0.29, 0.717) is 12.8 Å². The summed E-state index contributed by atoms with van der Waals surface area (Å²) in [5.74, 6) is -1.77. The van der Waals surface area contributed by atoms with Gasteiger partial charge in [0.1, 0.15) is 0 Å². The Morgan fingerprint density at radius 2 is 2.00 bits per heavy atom. The molecule has 0 saturated heterocycles. The molecule has 0 unspecified atom stereocenters. The van der Waals surface area contributed by atoms with Gasteiger partial charge in [-0.05, 0) is 18.4 Å². The molecule has 0 saturated carbocycles. The SMILES string of the molecule is O=C(OCCCc1ccccc1)C(F)(F)SO[O-]. The number of carbonyl (C=O) groups excluding carboxylic acids is 1. The van der Waals surface area contributed by atoms with Gasteiger partial charge < -0.3 is 14.3 Å². The van der Waals surface area contributed by atoms with Crippen LogP contribution in [0.25, 0.3) is 0 Å². The highest BCUT2D eigenvalue weighted by molar-refractivity contribution is 7.96. The summed E-state index contributed by atoms with van der Waals surface area (Å²) < 4.78 is 32.7. The van der Waals surface area contributed by atoms with Crippen molar-refractivity contribution in [3.05, 3.63) is 35.9 Å². The highest BCUT2D eigenvalue weighted by atomic mass is 32.2. The third kappa shape index (κ3) is 4.99. The Morgan fingerprint density at radius 3 is 2.61 bits per heavy atom. The van der Waals surface area contributed by atoms with Crippen LogP contribution in [0.1, 0.15) is 12.0 Å². The molecule has 1 aromatic carbocycles. The second kappa shape index (κ2) is 7.30. The number of rotatable bonds is 7. The number of hydrogen-bond donors (Lipinski definition) is 0. The quantitative estimate of drug-likeness (QED) is 0.249. The lowest BCUT2D eigenvalue weighted by Gasteiger charge is -2.15. The largest absolute Gasteiger partial charge is 0.710 e. The second-order valence-corrected chi connectivity index (χ2v) is 4.21. The summed E-state index contributed by atoms with van der Waals surface area (Å²) in [7, 11) is 0. The van der Waals surface area contributed by atoms with Crippen LogP contribution in [0, 0.1) is 0 Å². The van der Waals surface area contributed by atoms with Gasteiger partial charge in [0, 0.05) is 0 Å². The van der Waals surface area contributed by atoms with Crippen molar-refractivity contribution < 1.29 is 27.9 Å². The molecule has 0 heterocycles. The van der Waals surface area contributed by atoms with Crippen LogP contribution in [-0.4, -0.2) is 17.8 Å². The summed E-state index contributed by atoms with van der Waals surface area (Å²) >= 11 is -0.767. The van der Waals surface area contributed by atoms with Gasteiger partial charge in [-0.2, -0.15) is 8.78 Å². The molecule has 0 aliphatic carbocycles. The zero-order valence-electron chi connectivity index (χ0n) is 9.31. The van der Waals surface area contributed by atoms with E-state index in [2.05, 4.69) is 9.07 Å². The average molecular weight is 277 g/mol. The van der Waals surface area contributed by atoms with Gasteiger partial charge in [0.25, 0.3) is 0 Å². The van der Waals surface area contributed by atoms with Crippen LogP contribution >= 0.6 is 12.0 Å². The van der Waals surface area contributed by atoms with Crippen molar-refractivity contribution in [2.75, 3.05) is 6.61 Å². The van der Waals surface area contributed by atoms with Crippen LogP contribution in [0.3, 0.4) is 0 Å². The second-order valence-electron chi connectivity index (χ2n) is 3.39. The van der Waals surface area contributed by atoms with E-state index in [9.17, 15) is 18.8 Å². The van der Waals surface area contributed by atoms with Crippen LogP contribution in [0.2, 0.25) is 0 Å². The van der Waals surface area contributed by atoms with Crippen LogP contribution in [0.15, 0.2) is 30.3 Å². The Kier molecular flexibility index (Phi) is 6.03. The standard InChI is InChI=1S/C11H12F2O4S/c12-11(13,18-17-15)10(14)16-8-4-7-9-5-2-1-3-6-9/h1-3,5-6,15H,4,7-8H2/p-1. The number of esters is 1. The molecule has 1 rings (SSSR count). The minimum Gasteiger partial charge on any atom is -0.710 e. The first-order valence-corrected chi connectivity index (χ1v) is 5.87. The van der Waals surface area contributed by atoms with Gasteiger partial charge in [0.15, 0.2) is 0 Å². The van der Waals surface area contributed by atoms with Gasteiger partial charge in [0.2, 0.25) is 0 Å². The summed E-state index contributed by atoms with van der Waals surface area (Å²) in [6.07, 6.45) is 1.04. The fourth-order valence-corrected chi connectivity index (χ4v) is 1.46. The van der Waals surface area contributed by atoms with E-state index in [-0.39, 0.29) is 6.61 Å². The summed E-state index contributed by atoms with van der Waals surface area (Å²) in [5, 5.41) is 5.58. The van der Waals surface area contributed by atoms with Gasteiger partial charge in [-0.3, -0.25) is 0 Å². The lowest BCUT2D eigenvalue weighted by Crippen LogP contribution is -2.28. The highest BCUT2D eigenvalue weighted by Gasteiger charge is 2.42. The molecule has 0 fully saturated rings. The Bertz CT molecular complexity index is 373. The molecule has 0 spiro atoms. The number of alkyl halides is 2. The molecule has 18 heavy (non-hydrogen) atoms. The number of benzene rings is 1. The van der Waals surface area contributed by atoms with E-state index < -0.39 is 23.3 Å². The molecule has 0 aliphatic heterocycles. The molecule has 0 amide bonds. The molecule has 1 aromatic rings. The van der Waals surface area contributed by atoms with Crippen molar-refractivity contribution in [2.45, 2.75) is 18.1 Å². The number of hydrogen-bond acceptors (Lipinski definition) is 5. The molecule has 0 aromatic heterocycles. The molecular weight excluding hydrogens is 266 g/mol. The maximum Gasteiger partial charge on any atom is 0.412 e. The van der Waals surface area contributed by atoms with Gasteiger partial charge in [-0.1, -0.05) is 30.3 Å². The average Bonchev–Trinajstić information content (AvgIpc) is 2.35. The van der Waals surface area contributed by atoms with Crippen molar-refractivity contribution in [3.63, 3.8) is 0 Å². The van der Waals surface area contributed by atoms with Crippen molar-refractivity contribution in [1.82, 2.24) is 0 Å². The Balaban J connectivity index is 2.24. The number of halogens is 2. The Morgan fingerprint density at radius 1 is 1.33 bits per heavy atom. The molecule has 4 nitrogen and oxygen atoms in total. The zero-order valence-corrected chi connectivity index (χ0v) is 10.1. The molecule has 0 aliphatic rings. The van der Waals surface area contributed by atoms with E-state index in [1.165, 1.54) is 0 Å². The van der Waals surface area contributed by atoms with Crippen LogP contribution in [0.4, 0.5) is 8.78 Å². The predicted molar refractivity (Wildman–Crippen MR) is 59.3 cm³/mol. The van der Waals surface area contributed by atoms with Crippen molar-refractivity contribution in [2.24, 2.45) is 0 Å². The zero-order chi connectivity index (χ0) is 13.4. The Labute approximate surface area is 107 Å². The molecule has 100 valence electrons. The molecule has 0 radical (unpaired) electrons. The van der Waals surface area contributed by atoms with Crippen molar-refractivity contribution >= 4 is 18.0 Å². The Hall–Kier alpha value is -1.18. The summed E-state index contributed by atoms with van der Waals surface area (Å²) in [4.78, 5) is 10.9. The molecule has 0 atom stereocenters. The smallest absolute Gasteiger partial charge is 0.412 e. The maximum atomic E-state index is 12.7. The van der Waals surface area contributed by atoms with E-state index in [1.54, 1.807) is 0 Å². The number of ether oxygens (including phenoxy) is 1. The minimum absolute atomic E-state index is 0.136. The van der Waals surface area contributed by atoms with Crippen molar-refractivity contribution in [1.29, 1.82) is 0 Å². The third-order valence-electron chi connectivity index (χ3n) is 2.06. The van der Waals surface area contributed by atoms with Crippen LogP contribution < -0.4 is 5.26 Å². The first kappa shape index (κ1) is 14.9. The van der Waals surface area contributed by atoms with E-state index in [4.69, 9.17) is 0 Å². The van der Waals surface area contributed by atoms with Gasteiger partial charge in [0.05, 0.1) is 18.6 Å². The first-order chi connectivity index (χ1) is 8.56. The lowest BCUT2D eigenvalue weighted by atomic mass is 10.1. The summed E-state index contributed by atoms with van der Waals surface area (Å²) in [6, 6.07) is 9.36. The van der Waals surface area contributed by atoms with Gasteiger partial charge in [-0.15, -0.1) is 0 Å². The van der Waals surface area contributed by atoms with Crippen LogP contribution in [-0.2, 0) is 20.3 Å². The van der Waals surface area contributed by atoms with E-state index >= 15 is 0 Å². The van der Waals surface area contributed by atoms with E-state index in [1.807, 2.05) is 30.3 Å². The molecular formula is C11H11F2O4S-. The highest BCUT2D eigenvalue weighted by Crippen LogP contribution is 2.29. The van der Waals surface area contributed by atoms with E-state index in [0.717, 1.165) is 5.56 Å². The minimum atomic E-state index is -3.96. The van der Waals surface area contributed by atoms with Crippen LogP contribution in [0.5, 0.6) is 0 Å². The summed E-state index contributed by atoms with van der Waals surface area (Å²) in [5.41, 5.74) is 1.03. The predicted octanol–water partition coefficient (Wildman–Crippen LogP) is 1.70. The third-order valence-corrected chi connectivity index (χ3v) is 2.51. The normalized spacial score (nSPS) is 11.3. The van der Waals surface area contributed by atoms with Gasteiger partial charge in [-0.25, -0.2) is 4.79 Å². The van der Waals surface area contributed by atoms with Gasteiger partial charge >= 0.3 is 11.2 Å². The topological polar surface area (TPSA) is 58.6 Å². The number of carbonyl (C=O) groups is 1. The van der Waals surface area contributed by atoms with Crippen molar-refractivity contribution in [3.8, 4) is 0 Å². The monoisotopic (exact) mass is 277 g/mol. The summed E-state index contributed by atoms with van der Waals surface area (Å²) in [6.45, 7) is -0.136.